The first kappa shape index (κ1) is 18.3. The molecule has 2 N–H and O–H groups in total. The highest BCUT2D eigenvalue weighted by Crippen LogP contribution is 2.26. The maximum absolute atomic E-state index is 13.7. The second-order valence-corrected chi connectivity index (χ2v) is 7.98. The van der Waals surface area contributed by atoms with Crippen LogP contribution in [-0.4, -0.2) is 26.9 Å². The Balaban J connectivity index is 2.00. The summed E-state index contributed by atoms with van der Waals surface area (Å²) in [4.78, 5) is 11.1. The van der Waals surface area contributed by atoms with Gasteiger partial charge < -0.3 is 5.32 Å². The lowest BCUT2D eigenvalue weighted by atomic mass is 9.95. The molecule has 0 heterocycles. The van der Waals surface area contributed by atoms with Crippen LogP contribution in [0, 0.1) is 11.6 Å². The summed E-state index contributed by atoms with van der Waals surface area (Å²) in [7, 11) is -4.27. The first-order valence-electron chi connectivity index (χ1n) is 7.23. The lowest BCUT2D eigenvalue weighted by molar-refractivity contribution is -0.120. The molecule has 1 aromatic carbocycles. The Hall–Kier alpha value is -1.06. The molecule has 0 saturated heterocycles. The van der Waals surface area contributed by atoms with Gasteiger partial charge >= 0.3 is 0 Å². The summed E-state index contributed by atoms with van der Waals surface area (Å²) in [5, 5.41) is 2.75. The molecule has 5 nitrogen and oxygen atoms in total. The van der Waals surface area contributed by atoms with Gasteiger partial charge in [-0.15, -0.1) is 0 Å². The summed E-state index contributed by atoms with van der Waals surface area (Å²) in [6.45, 7) is -0.498. The van der Waals surface area contributed by atoms with E-state index in [1.165, 1.54) is 0 Å². The molecule has 1 aliphatic rings. The fourth-order valence-corrected chi connectivity index (χ4v) is 4.69. The summed E-state index contributed by atoms with van der Waals surface area (Å²) in [6.07, 6.45) is 4.94. The topological polar surface area (TPSA) is 75.3 Å². The standard InChI is InChI=1S/C14H17BrF2N2O3S/c15-11-6-9(16)7-12(17)14(11)23(21,22)18-8-13(20)19-10-4-2-1-3-5-10/h6-7,10,18H,1-5,8H2,(H,19,20). The van der Waals surface area contributed by atoms with Gasteiger partial charge in [-0.3, -0.25) is 4.79 Å². The average Bonchev–Trinajstić information content (AvgIpc) is 2.45. The number of halogens is 3. The average molecular weight is 411 g/mol. The van der Waals surface area contributed by atoms with E-state index in [-0.39, 0.29) is 10.5 Å². The molecule has 23 heavy (non-hydrogen) atoms. The molecule has 128 valence electrons. The van der Waals surface area contributed by atoms with Gasteiger partial charge in [-0.2, -0.15) is 0 Å². The lowest BCUT2D eigenvalue weighted by Gasteiger charge is -2.22. The number of benzene rings is 1. The number of carbonyl (C=O) groups excluding carboxylic acids is 1. The Labute approximate surface area is 142 Å². The Kier molecular flexibility index (Phi) is 6.10. The number of sulfonamides is 1. The zero-order valence-electron chi connectivity index (χ0n) is 12.2. The van der Waals surface area contributed by atoms with E-state index < -0.39 is 39.0 Å². The van der Waals surface area contributed by atoms with Crippen LogP contribution in [0.5, 0.6) is 0 Å². The molecule has 0 bridgehead atoms. The Morgan fingerprint density at radius 2 is 1.87 bits per heavy atom. The molecule has 0 spiro atoms. The predicted octanol–water partition coefficient (Wildman–Crippen LogP) is 2.45. The van der Waals surface area contributed by atoms with E-state index in [4.69, 9.17) is 0 Å². The minimum Gasteiger partial charge on any atom is -0.352 e. The quantitative estimate of drug-likeness (QED) is 0.782. The van der Waals surface area contributed by atoms with Crippen LogP contribution in [0.25, 0.3) is 0 Å². The van der Waals surface area contributed by atoms with Crippen molar-refractivity contribution in [1.82, 2.24) is 10.0 Å². The third kappa shape index (κ3) is 4.95. The third-order valence-corrected chi connectivity index (χ3v) is 5.99. The van der Waals surface area contributed by atoms with E-state index in [9.17, 15) is 22.0 Å². The summed E-state index contributed by atoms with van der Waals surface area (Å²) >= 11 is 2.82. The van der Waals surface area contributed by atoms with E-state index in [2.05, 4.69) is 21.2 Å². The number of rotatable bonds is 5. The third-order valence-electron chi connectivity index (χ3n) is 3.62. The zero-order valence-corrected chi connectivity index (χ0v) is 14.6. The van der Waals surface area contributed by atoms with Crippen LogP contribution in [0.1, 0.15) is 32.1 Å². The number of hydrogen-bond donors (Lipinski definition) is 2. The predicted molar refractivity (Wildman–Crippen MR) is 84.3 cm³/mol. The number of hydrogen-bond acceptors (Lipinski definition) is 3. The van der Waals surface area contributed by atoms with Crippen LogP contribution in [0.2, 0.25) is 0 Å². The van der Waals surface area contributed by atoms with E-state index in [0.29, 0.717) is 6.07 Å². The molecule has 1 amide bonds. The molecule has 0 atom stereocenters. The molecule has 0 aliphatic heterocycles. The first-order chi connectivity index (χ1) is 10.8. The van der Waals surface area contributed by atoms with Gasteiger partial charge in [0, 0.05) is 16.6 Å². The van der Waals surface area contributed by atoms with Gasteiger partial charge in [0.05, 0.1) is 6.54 Å². The molecule has 0 radical (unpaired) electrons. The van der Waals surface area contributed by atoms with Crippen molar-refractivity contribution in [1.29, 1.82) is 0 Å². The van der Waals surface area contributed by atoms with Crippen molar-refractivity contribution in [3.05, 3.63) is 28.2 Å². The van der Waals surface area contributed by atoms with Crippen molar-refractivity contribution in [3.63, 3.8) is 0 Å². The summed E-state index contributed by atoms with van der Waals surface area (Å²) in [6, 6.07) is 1.37. The Morgan fingerprint density at radius 1 is 1.22 bits per heavy atom. The van der Waals surface area contributed by atoms with Crippen LogP contribution in [0.15, 0.2) is 21.5 Å². The molecule has 0 aromatic heterocycles. The van der Waals surface area contributed by atoms with Gasteiger partial charge in [0.1, 0.15) is 16.5 Å². The van der Waals surface area contributed by atoms with E-state index >= 15 is 0 Å². The van der Waals surface area contributed by atoms with Gasteiger partial charge in [-0.25, -0.2) is 21.9 Å². The van der Waals surface area contributed by atoms with Crippen LogP contribution in [0.4, 0.5) is 8.78 Å². The first-order valence-corrected chi connectivity index (χ1v) is 9.51. The second-order valence-electron chi connectivity index (χ2n) is 5.43. The molecule has 0 unspecified atom stereocenters. The van der Waals surface area contributed by atoms with Crippen LogP contribution < -0.4 is 10.0 Å². The molecular weight excluding hydrogens is 394 g/mol. The molecule has 1 aliphatic carbocycles. The van der Waals surface area contributed by atoms with Gasteiger partial charge in [-0.05, 0) is 34.8 Å². The van der Waals surface area contributed by atoms with Crippen molar-refractivity contribution in [2.75, 3.05) is 6.54 Å². The monoisotopic (exact) mass is 410 g/mol. The highest BCUT2D eigenvalue weighted by Gasteiger charge is 2.25. The van der Waals surface area contributed by atoms with E-state index in [0.717, 1.165) is 38.2 Å². The number of nitrogens with one attached hydrogen (secondary N) is 2. The maximum atomic E-state index is 13.7. The van der Waals surface area contributed by atoms with E-state index in [1.807, 2.05) is 4.72 Å². The minimum absolute atomic E-state index is 0.0510. The van der Waals surface area contributed by atoms with Crippen LogP contribution in [-0.2, 0) is 14.8 Å². The smallest absolute Gasteiger partial charge is 0.245 e. The number of carbonyl (C=O) groups is 1. The van der Waals surface area contributed by atoms with Gasteiger partial charge in [0.25, 0.3) is 0 Å². The van der Waals surface area contributed by atoms with Crippen molar-refractivity contribution in [2.45, 2.75) is 43.0 Å². The van der Waals surface area contributed by atoms with Gasteiger partial charge in [0.15, 0.2) is 0 Å². The van der Waals surface area contributed by atoms with Crippen molar-refractivity contribution >= 4 is 31.9 Å². The fourth-order valence-electron chi connectivity index (χ4n) is 2.54. The van der Waals surface area contributed by atoms with E-state index in [1.54, 1.807) is 0 Å². The molecule has 1 saturated carbocycles. The van der Waals surface area contributed by atoms with Crippen LogP contribution >= 0.6 is 15.9 Å². The fraction of sp³-hybridized carbons (Fsp3) is 0.500. The van der Waals surface area contributed by atoms with Crippen molar-refractivity contribution in [2.24, 2.45) is 0 Å². The largest absolute Gasteiger partial charge is 0.352 e. The normalized spacial score (nSPS) is 16.3. The van der Waals surface area contributed by atoms with Gasteiger partial charge in [-0.1, -0.05) is 19.3 Å². The van der Waals surface area contributed by atoms with Crippen LogP contribution in [0.3, 0.4) is 0 Å². The second kappa shape index (κ2) is 7.67. The minimum atomic E-state index is -4.27. The highest BCUT2D eigenvalue weighted by atomic mass is 79.9. The molecule has 1 fully saturated rings. The Bertz CT molecular complexity index is 668. The molecule has 2 rings (SSSR count). The molecule has 1 aromatic rings. The summed E-state index contributed by atoms with van der Waals surface area (Å²) in [5.74, 6) is -2.60. The lowest BCUT2D eigenvalue weighted by Crippen LogP contribution is -2.42. The van der Waals surface area contributed by atoms with Gasteiger partial charge in [0.2, 0.25) is 15.9 Å². The maximum Gasteiger partial charge on any atom is 0.245 e. The molecule has 9 heteroatoms. The highest BCUT2D eigenvalue weighted by molar-refractivity contribution is 9.10. The summed E-state index contributed by atoms with van der Waals surface area (Å²) in [5.41, 5.74) is 0. The molecular formula is C14H17BrF2N2O3S. The van der Waals surface area contributed by atoms with Crippen molar-refractivity contribution in [3.8, 4) is 0 Å². The number of amides is 1. The SMILES string of the molecule is O=C(CNS(=O)(=O)c1c(F)cc(F)cc1Br)NC1CCCCC1. The Morgan fingerprint density at radius 3 is 2.48 bits per heavy atom. The van der Waals surface area contributed by atoms with Crippen molar-refractivity contribution < 1.29 is 22.0 Å². The summed E-state index contributed by atoms with van der Waals surface area (Å²) < 4.78 is 52.7. The zero-order chi connectivity index (χ0) is 17.0.